The molecule has 1 heterocycles. The first-order valence-electron chi connectivity index (χ1n) is 6.01. The zero-order valence-electron chi connectivity index (χ0n) is 9.87. The largest absolute Gasteiger partial charge is 0.386 e. The fourth-order valence-electron chi connectivity index (χ4n) is 2.80. The lowest BCUT2D eigenvalue weighted by atomic mass is 9.93. The summed E-state index contributed by atoms with van der Waals surface area (Å²) in [5.74, 6) is 0.210. The molecule has 2 unspecified atom stereocenters. The number of nitrogens with zero attached hydrogens (tertiary/aromatic N) is 2. The molecule has 0 spiro atoms. The van der Waals surface area contributed by atoms with Crippen LogP contribution in [0.25, 0.3) is 0 Å². The lowest BCUT2D eigenvalue weighted by Gasteiger charge is -2.19. The normalized spacial score (nSPS) is 20.2. The third-order valence-electron chi connectivity index (χ3n) is 3.72. The maximum atomic E-state index is 10.5. The second-order valence-electron chi connectivity index (χ2n) is 4.67. The van der Waals surface area contributed by atoms with Crippen molar-refractivity contribution >= 4 is 0 Å². The van der Waals surface area contributed by atoms with E-state index in [2.05, 4.69) is 23.3 Å². The topological polar surface area (TPSA) is 38.0 Å². The van der Waals surface area contributed by atoms with Crippen LogP contribution >= 0.6 is 0 Å². The Hall–Kier alpha value is -1.61. The van der Waals surface area contributed by atoms with Crippen molar-refractivity contribution in [3.8, 4) is 0 Å². The third kappa shape index (κ3) is 1.67. The number of benzene rings is 1. The van der Waals surface area contributed by atoms with E-state index in [1.807, 2.05) is 19.2 Å². The number of aromatic nitrogens is 2. The summed E-state index contributed by atoms with van der Waals surface area (Å²) >= 11 is 0. The van der Waals surface area contributed by atoms with Gasteiger partial charge in [0.2, 0.25) is 0 Å². The van der Waals surface area contributed by atoms with Gasteiger partial charge < -0.3 is 5.11 Å². The number of hydrogen-bond acceptors (Lipinski definition) is 2. The van der Waals surface area contributed by atoms with Crippen molar-refractivity contribution < 1.29 is 5.11 Å². The van der Waals surface area contributed by atoms with Crippen molar-refractivity contribution in [2.24, 2.45) is 7.05 Å². The maximum absolute atomic E-state index is 10.5. The van der Waals surface area contributed by atoms with Gasteiger partial charge in [0.25, 0.3) is 0 Å². The van der Waals surface area contributed by atoms with E-state index in [0.717, 1.165) is 18.5 Å². The second-order valence-corrected chi connectivity index (χ2v) is 4.67. The first-order chi connectivity index (χ1) is 8.27. The molecule has 1 N–H and O–H groups in total. The monoisotopic (exact) mass is 228 g/mol. The molecule has 2 atom stereocenters. The third-order valence-corrected chi connectivity index (χ3v) is 3.72. The molecule has 0 radical (unpaired) electrons. The molecular formula is C14H16N2O. The molecule has 0 saturated carbocycles. The summed E-state index contributed by atoms with van der Waals surface area (Å²) in [6.45, 7) is 0. The summed E-state index contributed by atoms with van der Waals surface area (Å²) in [5.41, 5.74) is 3.56. The van der Waals surface area contributed by atoms with Gasteiger partial charge in [0, 0.05) is 19.2 Å². The van der Waals surface area contributed by atoms with Crippen molar-refractivity contribution in [3.05, 3.63) is 53.3 Å². The van der Waals surface area contributed by atoms with Crippen LogP contribution < -0.4 is 0 Å². The van der Waals surface area contributed by atoms with Crippen molar-refractivity contribution in [1.29, 1.82) is 0 Å². The van der Waals surface area contributed by atoms with E-state index in [4.69, 9.17) is 0 Å². The average molecular weight is 228 g/mol. The second kappa shape index (κ2) is 4.00. The Bertz CT molecular complexity index is 533. The van der Waals surface area contributed by atoms with Gasteiger partial charge in [-0.3, -0.25) is 4.68 Å². The minimum Gasteiger partial charge on any atom is -0.386 e. The number of hydrogen-bond donors (Lipinski definition) is 1. The first kappa shape index (κ1) is 10.5. The fourth-order valence-corrected chi connectivity index (χ4v) is 2.80. The minimum atomic E-state index is -0.453. The molecule has 17 heavy (non-hydrogen) atoms. The molecule has 3 rings (SSSR count). The number of aryl methyl sites for hydroxylation is 2. The molecule has 1 aliphatic carbocycles. The molecule has 1 aromatic heterocycles. The summed E-state index contributed by atoms with van der Waals surface area (Å²) in [6.07, 6.45) is 3.37. The Labute approximate surface area is 101 Å². The Morgan fingerprint density at radius 1 is 1.35 bits per heavy atom. The highest BCUT2D eigenvalue weighted by Crippen LogP contribution is 2.41. The van der Waals surface area contributed by atoms with Gasteiger partial charge in [-0.05, 0) is 30.0 Å². The molecule has 1 aliphatic rings. The summed E-state index contributed by atoms with van der Waals surface area (Å²) in [7, 11) is 1.87. The zero-order valence-corrected chi connectivity index (χ0v) is 9.87. The quantitative estimate of drug-likeness (QED) is 0.855. The smallest absolute Gasteiger partial charge is 0.102 e. The van der Waals surface area contributed by atoms with Crippen molar-refractivity contribution in [3.63, 3.8) is 0 Å². The van der Waals surface area contributed by atoms with Crippen LogP contribution in [0.5, 0.6) is 0 Å². The van der Waals surface area contributed by atoms with E-state index in [1.165, 1.54) is 11.1 Å². The fraction of sp³-hybridized carbons (Fsp3) is 0.357. The molecule has 0 bridgehead atoms. The Morgan fingerprint density at radius 3 is 2.94 bits per heavy atom. The SMILES string of the molecule is Cn1nccc1C(O)C1CCc2ccccc21. The predicted octanol–water partition coefficient (Wildman–Crippen LogP) is 2.18. The van der Waals surface area contributed by atoms with E-state index >= 15 is 0 Å². The van der Waals surface area contributed by atoms with Gasteiger partial charge >= 0.3 is 0 Å². The Morgan fingerprint density at radius 2 is 2.18 bits per heavy atom. The zero-order chi connectivity index (χ0) is 11.8. The predicted molar refractivity (Wildman–Crippen MR) is 65.7 cm³/mol. The Kier molecular flexibility index (Phi) is 2.48. The van der Waals surface area contributed by atoms with Gasteiger partial charge in [-0.15, -0.1) is 0 Å². The van der Waals surface area contributed by atoms with E-state index in [9.17, 15) is 5.11 Å². The molecule has 0 amide bonds. The van der Waals surface area contributed by atoms with Gasteiger partial charge in [0.15, 0.2) is 0 Å². The summed E-state index contributed by atoms with van der Waals surface area (Å²) in [6, 6.07) is 10.3. The van der Waals surface area contributed by atoms with Crippen LogP contribution in [-0.4, -0.2) is 14.9 Å². The number of rotatable bonds is 2. The lowest BCUT2D eigenvalue weighted by Crippen LogP contribution is -2.12. The highest BCUT2D eigenvalue weighted by atomic mass is 16.3. The average Bonchev–Trinajstić information content (AvgIpc) is 2.94. The molecule has 1 aromatic carbocycles. The van der Waals surface area contributed by atoms with Crippen LogP contribution in [0.2, 0.25) is 0 Å². The molecule has 0 aliphatic heterocycles. The van der Waals surface area contributed by atoms with Crippen molar-refractivity contribution in [2.75, 3.05) is 0 Å². The van der Waals surface area contributed by atoms with Crippen LogP contribution in [0.1, 0.15) is 35.3 Å². The molecule has 0 fully saturated rings. The molecule has 3 nitrogen and oxygen atoms in total. The minimum absolute atomic E-state index is 0.210. The van der Waals surface area contributed by atoms with Crippen molar-refractivity contribution in [1.82, 2.24) is 9.78 Å². The van der Waals surface area contributed by atoms with E-state index < -0.39 is 6.10 Å². The summed E-state index contributed by atoms with van der Waals surface area (Å²) in [5, 5.41) is 14.6. The van der Waals surface area contributed by atoms with Gasteiger partial charge in [0.05, 0.1) is 5.69 Å². The van der Waals surface area contributed by atoms with Gasteiger partial charge in [-0.2, -0.15) is 5.10 Å². The van der Waals surface area contributed by atoms with Gasteiger partial charge in [-0.1, -0.05) is 24.3 Å². The van der Waals surface area contributed by atoms with E-state index in [1.54, 1.807) is 10.9 Å². The molecule has 2 aromatic rings. The van der Waals surface area contributed by atoms with Gasteiger partial charge in [-0.25, -0.2) is 0 Å². The van der Waals surface area contributed by atoms with Crippen molar-refractivity contribution in [2.45, 2.75) is 24.9 Å². The standard InChI is InChI=1S/C14H16N2O/c1-16-13(8-9-15-16)14(17)12-7-6-10-4-2-3-5-11(10)12/h2-5,8-9,12,14,17H,6-7H2,1H3. The highest BCUT2D eigenvalue weighted by molar-refractivity contribution is 5.36. The molecule has 0 saturated heterocycles. The molecular weight excluding hydrogens is 212 g/mol. The summed E-state index contributed by atoms with van der Waals surface area (Å²) in [4.78, 5) is 0. The number of aliphatic hydroxyl groups is 1. The molecule has 3 heteroatoms. The van der Waals surface area contributed by atoms with Crippen LogP contribution in [0.3, 0.4) is 0 Å². The van der Waals surface area contributed by atoms with Crippen LogP contribution in [0.4, 0.5) is 0 Å². The lowest BCUT2D eigenvalue weighted by molar-refractivity contribution is 0.136. The number of aliphatic hydroxyl groups excluding tert-OH is 1. The van der Waals surface area contributed by atoms with Crippen LogP contribution in [0.15, 0.2) is 36.5 Å². The van der Waals surface area contributed by atoms with Gasteiger partial charge in [0.1, 0.15) is 6.10 Å². The maximum Gasteiger partial charge on any atom is 0.102 e. The van der Waals surface area contributed by atoms with E-state index in [0.29, 0.717) is 0 Å². The molecule has 88 valence electrons. The Balaban J connectivity index is 1.95. The van der Waals surface area contributed by atoms with Crippen LogP contribution in [-0.2, 0) is 13.5 Å². The van der Waals surface area contributed by atoms with Crippen LogP contribution in [0, 0.1) is 0 Å². The highest BCUT2D eigenvalue weighted by Gasteiger charge is 2.30. The summed E-state index contributed by atoms with van der Waals surface area (Å²) < 4.78 is 1.76. The van der Waals surface area contributed by atoms with E-state index in [-0.39, 0.29) is 5.92 Å². The first-order valence-corrected chi connectivity index (χ1v) is 6.01. The number of fused-ring (bicyclic) bond motifs is 1.